The van der Waals surface area contributed by atoms with Gasteiger partial charge in [0.05, 0.1) is 12.0 Å². The number of piperazine rings is 1. The highest BCUT2D eigenvalue weighted by atomic mass is 32.1. The minimum Gasteiger partial charge on any atom is -0.378 e. The van der Waals surface area contributed by atoms with Gasteiger partial charge in [0.15, 0.2) is 0 Å². The molecule has 3 atom stereocenters. The largest absolute Gasteiger partial charge is 0.378 e. The Balaban J connectivity index is 1.54. The highest BCUT2D eigenvalue weighted by Crippen LogP contribution is 2.26. The van der Waals surface area contributed by atoms with Crippen LogP contribution < -0.4 is 0 Å². The van der Waals surface area contributed by atoms with Crippen molar-refractivity contribution in [1.29, 1.82) is 0 Å². The zero-order chi connectivity index (χ0) is 14.8. The van der Waals surface area contributed by atoms with E-state index in [1.807, 2.05) is 11.8 Å². The molecule has 0 bridgehead atoms. The fourth-order valence-corrected chi connectivity index (χ4v) is 4.09. The van der Waals surface area contributed by atoms with Crippen molar-refractivity contribution in [1.82, 2.24) is 9.80 Å². The van der Waals surface area contributed by atoms with E-state index in [1.165, 1.54) is 5.56 Å². The van der Waals surface area contributed by atoms with Gasteiger partial charge in [0.1, 0.15) is 0 Å². The molecule has 1 aromatic rings. The Hall–Kier alpha value is -0.910. The number of hydrogen-bond donors (Lipinski definition) is 0. The van der Waals surface area contributed by atoms with Gasteiger partial charge in [-0.2, -0.15) is 11.3 Å². The average molecular weight is 308 g/mol. The lowest BCUT2D eigenvalue weighted by atomic mass is 10.0. The van der Waals surface area contributed by atoms with Crippen LogP contribution in [0.4, 0.5) is 0 Å². The molecule has 0 aromatic carbocycles. The van der Waals surface area contributed by atoms with Gasteiger partial charge in [-0.15, -0.1) is 0 Å². The van der Waals surface area contributed by atoms with Crippen LogP contribution in [0.1, 0.15) is 31.9 Å². The molecule has 0 N–H and O–H groups in total. The van der Waals surface area contributed by atoms with Crippen molar-refractivity contribution >= 4 is 17.2 Å². The lowest BCUT2D eigenvalue weighted by molar-refractivity contribution is -0.139. The van der Waals surface area contributed by atoms with Crippen LogP contribution in [0.15, 0.2) is 16.8 Å². The van der Waals surface area contributed by atoms with Gasteiger partial charge in [-0.05, 0) is 42.7 Å². The second-order valence-corrected chi connectivity index (χ2v) is 6.85. The Morgan fingerprint density at radius 1 is 1.38 bits per heavy atom. The predicted molar refractivity (Wildman–Crippen MR) is 84.4 cm³/mol. The van der Waals surface area contributed by atoms with E-state index in [-0.39, 0.29) is 12.0 Å². The van der Waals surface area contributed by atoms with Gasteiger partial charge in [-0.25, -0.2) is 0 Å². The zero-order valence-electron chi connectivity index (χ0n) is 12.8. The molecular weight excluding hydrogens is 284 g/mol. The van der Waals surface area contributed by atoms with Crippen molar-refractivity contribution in [2.24, 2.45) is 5.92 Å². The third-order valence-electron chi connectivity index (χ3n) is 4.89. The smallest absolute Gasteiger partial charge is 0.228 e. The summed E-state index contributed by atoms with van der Waals surface area (Å²) >= 11 is 1.75. The maximum absolute atomic E-state index is 12.5. The molecule has 1 amide bonds. The minimum atomic E-state index is 0.0749. The fraction of sp³-hybridized carbons (Fsp3) is 0.688. The van der Waals surface area contributed by atoms with Crippen molar-refractivity contribution < 1.29 is 9.53 Å². The van der Waals surface area contributed by atoms with E-state index in [4.69, 9.17) is 4.74 Å². The van der Waals surface area contributed by atoms with Crippen LogP contribution >= 0.6 is 11.3 Å². The normalized spacial score (nSPS) is 28.8. The van der Waals surface area contributed by atoms with Crippen molar-refractivity contribution in [3.63, 3.8) is 0 Å². The van der Waals surface area contributed by atoms with Crippen LogP contribution in [-0.2, 0) is 9.53 Å². The van der Waals surface area contributed by atoms with E-state index in [1.54, 1.807) is 11.3 Å². The summed E-state index contributed by atoms with van der Waals surface area (Å²) in [6.45, 7) is 8.62. The van der Waals surface area contributed by atoms with Crippen LogP contribution in [0.25, 0.3) is 0 Å². The molecule has 0 unspecified atom stereocenters. The molecule has 5 heteroatoms. The topological polar surface area (TPSA) is 32.8 Å². The van der Waals surface area contributed by atoms with Crippen molar-refractivity contribution in [2.75, 3.05) is 32.8 Å². The predicted octanol–water partition coefficient (Wildman–Crippen LogP) is 2.38. The van der Waals surface area contributed by atoms with Gasteiger partial charge in [-0.3, -0.25) is 9.69 Å². The molecule has 3 rings (SSSR count). The van der Waals surface area contributed by atoms with Crippen LogP contribution in [0, 0.1) is 5.92 Å². The first-order valence-electron chi connectivity index (χ1n) is 7.83. The average Bonchev–Trinajstić information content (AvgIpc) is 3.17. The molecule has 0 spiro atoms. The number of carbonyl (C=O) groups is 1. The van der Waals surface area contributed by atoms with Gasteiger partial charge in [0, 0.05) is 38.8 Å². The molecule has 0 radical (unpaired) electrons. The van der Waals surface area contributed by atoms with Crippen molar-refractivity contribution in [3.05, 3.63) is 22.4 Å². The molecule has 4 nitrogen and oxygen atoms in total. The van der Waals surface area contributed by atoms with Crippen molar-refractivity contribution in [3.8, 4) is 0 Å². The third-order valence-corrected chi connectivity index (χ3v) is 5.59. The maximum atomic E-state index is 12.5. The summed E-state index contributed by atoms with van der Waals surface area (Å²) in [5, 5.41) is 4.35. The minimum absolute atomic E-state index is 0.0749. The van der Waals surface area contributed by atoms with E-state index in [0.717, 1.165) is 39.2 Å². The number of carbonyl (C=O) groups excluding carboxylic acids is 1. The SMILES string of the molecule is C[C@@H]1OCC[C@H]1C(=O)N1CCN([C@@H](C)c2ccsc2)CC1. The Bertz CT molecular complexity index is 469. The number of nitrogens with zero attached hydrogens (tertiary/aromatic N) is 2. The highest BCUT2D eigenvalue weighted by molar-refractivity contribution is 7.07. The summed E-state index contributed by atoms with van der Waals surface area (Å²) in [7, 11) is 0. The standard InChI is InChI=1S/C16H24N2O2S/c1-12(14-4-10-21-11-14)17-5-7-18(8-6-17)16(19)15-3-9-20-13(15)2/h4,10-13,15H,3,5-9H2,1-2H3/t12-,13-,15+/m0/s1. The lowest BCUT2D eigenvalue weighted by Gasteiger charge is -2.39. The van der Waals surface area contributed by atoms with Gasteiger partial charge in [0.2, 0.25) is 5.91 Å². The maximum Gasteiger partial charge on any atom is 0.228 e. The van der Waals surface area contributed by atoms with E-state index in [0.29, 0.717) is 11.9 Å². The monoisotopic (exact) mass is 308 g/mol. The molecule has 116 valence electrons. The number of rotatable bonds is 3. The Morgan fingerprint density at radius 2 is 2.14 bits per heavy atom. The molecule has 2 saturated heterocycles. The second kappa shape index (κ2) is 6.46. The van der Waals surface area contributed by atoms with Gasteiger partial charge in [0.25, 0.3) is 0 Å². The van der Waals surface area contributed by atoms with Crippen LogP contribution in [-0.4, -0.2) is 54.6 Å². The molecule has 2 aliphatic heterocycles. The third kappa shape index (κ3) is 3.15. The van der Waals surface area contributed by atoms with Gasteiger partial charge in [-0.1, -0.05) is 0 Å². The van der Waals surface area contributed by atoms with Crippen LogP contribution in [0.3, 0.4) is 0 Å². The first-order chi connectivity index (χ1) is 10.2. The first kappa shape index (κ1) is 15.0. The zero-order valence-corrected chi connectivity index (χ0v) is 13.6. The summed E-state index contributed by atoms with van der Waals surface area (Å²) in [5.74, 6) is 0.369. The molecule has 1 aromatic heterocycles. The number of amides is 1. The van der Waals surface area contributed by atoms with E-state index < -0.39 is 0 Å². The van der Waals surface area contributed by atoms with Crippen molar-refractivity contribution in [2.45, 2.75) is 32.4 Å². The molecule has 2 aliphatic rings. The summed E-state index contributed by atoms with van der Waals surface area (Å²) in [6.07, 6.45) is 0.964. The van der Waals surface area contributed by atoms with E-state index in [2.05, 4.69) is 28.7 Å². The van der Waals surface area contributed by atoms with Gasteiger partial charge < -0.3 is 9.64 Å². The number of hydrogen-bond acceptors (Lipinski definition) is 4. The first-order valence-corrected chi connectivity index (χ1v) is 8.77. The molecule has 0 saturated carbocycles. The van der Waals surface area contributed by atoms with E-state index >= 15 is 0 Å². The Morgan fingerprint density at radius 3 is 2.71 bits per heavy atom. The Labute approximate surface area is 130 Å². The van der Waals surface area contributed by atoms with E-state index in [9.17, 15) is 4.79 Å². The van der Waals surface area contributed by atoms with Crippen LogP contribution in [0.5, 0.6) is 0 Å². The highest BCUT2D eigenvalue weighted by Gasteiger charge is 2.35. The summed E-state index contributed by atoms with van der Waals surface area (Å²) in [5.41, 5.74) is 1.39. The summed E-state index contributed by atoms with van der Waals surface area (Å²) < 4.78 is 5.53. The summed E-state index contributed by atoms with van der Waals surface area (Å²) in [6, 6.07) is 2.65. The molecule has 3 heterocycles. The van der Waals surface area contributed by atoms with Gasteiger partial charge >= 0.3 is 0 Å². The lowest BCUT2D eigenvalue weighted by Crippen LogP contribution is -2.51. The summed E-state index contributed by atoms with van der Waals surface area (Å²) in [4.78, 5) is 17.1. The number of ether oxygens (including phenoxy) is 1. The van der Waals surface area contributed by atoms with Crippen LogP contribution in [0.2, 0.25) is 0 Å². The Kier molecular flexibility index (Phi) is 4.62. The molecule has 0 aliphatic carbocycles. The second-order valence-electron chi connectivity index (χ2n) is 6.06. The molecule has 21 heavy (non-hydrogen) atoms. The molecule has 2 fully saturated rings. The fourth-order valence-electron chi connectivity index (χ4n) is 3.34. The molecular formula is C16H24N2O2S. The quantitative estimate of drug-likeness (QED) is 0.859. The number of thiophene rings is 1.